The summed E-state index contributed by atoms with van der Waals surface area (Å²) in [7, 11) is 0. The standard InChI is InChI=1S/C18H19N7/c1-13-3-4-16(22-11-13)24-17-19-9-5-15(23-17)14-6-10-25(12-14)18-20-7-2-8-21-18/h2-5,7-9,11,14H,6,10,12H2,1H3,(H,19,22,23,24)/t14-/m0/s1. The number of rotatable bonds is 4. The Morgan fingerprint density at radius 2 is 1.92 bits per heavy atom. The Labute approximate surface area is 146 Å². The number of anilines is 3. The van der Waals surface area contributed by atoms with Gasteiger partial charge in [0.05, 0.1) is 5.69 Å². The van der Waals surface area contributed by atoms with Gasteiger partial charge in [0, 0.05) is 43.8 Å². The molecule has 1 saturated heterocycles. The molecule has 1 atom stereocenters. The van der Waals surface area contributed by atoms with Crippen molar-refractivity contribution in [1.82, 2.24) is 24.9 Å². The third-order valence-electron chi connectivity index (χ3n) is 4.27. The highest BCUT2D eigenvalue weighted by Crippen LogP contribution is 2.28. The van der Waals surface area contributed by atoms with Gasteiger partial charge in [-0.25, -0.2) is 24.9 Å². The summed E-state index contributed by atoms with van der Waals surface area (Å²) in [6.07, 6.45) is 8.19. The van der Waals surface area contributed by atoms with Gasteiger partial charge in [-0.3, -0.25) is 0 Å². The van der Waals surface area contributed by atoms with Crippen molar-refractivity contribution in [2.45, 2.75) is 19.3 Å². The van der Waals surface area contributed by atoms with Crippen LogP contribution in [0.4, 0.5) is 17.7 Å². The van der Waals surface area contributed by atoms with Gasteiger partial charge in [0.1, 0.15) is 5.82 Å². The average Bonchev–Trinajstić information content (AvgIpc) is 3.15. The molecule has 126 valence electrons. The second kappa shape index (κ2) is 6.80. The molecule has 3 aromatic heterocycles. The van der Waals surface area contributed by atoms with Crippen LogP contribution in [0.3, 0.4) is 0 Å². The summed E-state index contributed by atoms with van der Waals surface area (Å²) in [5.74, 6) is 2.44. The first kappa shape index (κ1) is 15.4. The SMILES string of the molecule is Cc1ccc(Nc2nccc([C@H]3CCN(c4ncccn4)C3)n2)nc1. The van der Waals surface area contributed by atoms with Gasteiger partial charge in [-0.1, -0.05) is 6.07 Å². The molecular weight excluding hydrogens is 314 g/mol. The normalized spacial score (nSPS) is 16.8. The number of aromatic nitrogens is 5. The van der Waals surface area contributed by atoms with Gasteiger partial charge in [0.2, 0.25) is 11.9 Å². The second-order valence-electron chi connectivity index (χ2n) is 6.13. The van der Waals surface area contributed by atoms with E-state index in [9.17, 15) is 0 Å². The average molecular weight is 333 g/mol. The third-order valence-corrected chi connectivity index (χ3v) is 4.27. The maximum Gasteiger partial charge on any atom is 0.228 e. The van der Waals surface area contributed by atoms with Crippen LogP contribution in [0, 0.1) is 6.92 Å². The molecule has 4 rings (SSSR count). The molecule has 4 heterocycles. The number of hydrogen-bond donors (Lipinski definition) is 1. The fourth-order valence-electron chi connectivity index (χ4n) is 2.95. The second-order valence-corrected chi connectivity index (χ2v) is 6.13. The Kier molecular flexibility index (Phi) is 4.20. The van der Waals surface area contributed by atoms with Crippen molar-refractivity contribution in [2.24, 2.45) is 0 Å². The van der Waals surface area contributed by atoms with Crippen molar-refractivity contribution in [3.63, 3.8) is 0 Å². The Bertz CT molecular complexity index is 836. The minimum atomic E-state index is 0.346. The molecule has 7 heteroatoms. The van der Waals surface area contributed by atoms with Gasteiger partial charge in [-0.2, -0.15) is 0 Å². The zero-order chi connectivity index (χ0) is 17.1. The van der Waals surface area contributed by atoms with Crippen molar-refractivity contribution in [3.05, 3.63) is 60.3 Å². The molecule has 7 nitrogen and oxygen atoms in total. The summed E-state index contributed by atoms with van der Waals surface area (Å²) >= 11 is 0. The summed E-state index contributed by atoms with van der Waals surface area (Å²) < 4.78 is 0. The molecule has 0 radical (unpaired) electrons. The van der Waals surface area contributed by atoms with Gasteiger partial charge < -0.3 is 10.2 Å². The van der Waals surface area contributed by atoms with Gasteiger partial charge in [-0.15, -0.1) is 0 Å². The zero-order valence-corrected chi connectivity index (χ0v) is 14.0. The summed E-state index contributed by atoms with van der Waals surface area (Å²) in [6, 6.07) is 7.75. The molecule has 0 aromatic carbocycles. The van der Waals surface area contributed by atoms with Crippen LogP contribution >= 0.6 is 0 Å². The van der Waals surface area contributed by atoms with Crippen LogP contribution in [0.1, 0.15) is 23.6 Å². The number of hydrogen-bond acceptors (Lipinski definition) is 7. The van der Waals surface area contributed by atoms with E-state index in [1.54, 1.807) is 18.6 Å². The quantitative estimate of drug-likeness (QED) is 0.786. The van der Waals surface area contributed by atoms with E-state index in [2.05, 4.69) is 35.1 Å². The van der Waals surface area contributed by atoms with Crippen molar-refractivity contribution in [3.8, 4) is 0 Å². The van der Waals surface area contributed by atoms with E-state index < -0.39 is 0 Å². The van der Waals surface area contributed by atoms with E-state index in [0.717, 1.165) is 42.5 Å². The lowest BCUT2D eigenvalue weighted by atomic mass is 10.1. The Morgan fingerprint density at radius 3 is 2.72 bits per heavy atom. The monoisotopic (exact) mass is 333 g/mol. The van der Waals surface area contributed by atoms with Gasteiger partial charge in [0.25, 0.3) is 0 Å². The number of aryl methyl sites for hydroxylation is 1. The topological polar surface area (TPSA) is 79.7 Å². The zero-order valence-electron chi connectivity index (χ0n) is 14.0. The summed E-state index contributed by atoms with van der Waals surface area (Å²) in [4.78, 5) is 24.2. The summed E-state index contributed by atoms with van der Waals surface area (Å²) in [5, 5.41) is 3.17. The number of nitrogens with one attached hydrogen (secondary N) is 1. The first-order valence-electron chi connectivity index (χ1n) is 8.32. The van der Waals surface area contributed by atoms with Crippen LogP contribution in [0.25, 0.3) is 0 Å². The van der Waals surface area contributed by atoms with Crippen LogP contribution < -0.4 is 10.2 Å². The minimum Gasteiger partial charge on any atom is -0.340 e. The first-order chi connectivity index (χ1) is 12.3. The lowest BCUT2D eigenvalue weighted by molar-refractivity contribution is 0.739. The molecule has 0 amide bonds. The Morgan fingerprint density at radius 1 is 1.04 bits per heavy atom. The highest BCUT2D eigenvalue weighted by atomic mass is 15.3. The summed E-state index contributed by atoms with van der Waals surface area (Å²) in [6.45, 7) is 3.81. The first-order valence-corrected chi connectivity index (χ1v) is 8.32. The Balaban J connectivity index is 1.47. The van der Waals surface area contributed by atoms with Crippen molar-refractivity contribution in [1.29, 1.82) is 0 Å². The molecule has 1 aliphatic heterocycles. The van der Waals surface area contributed by atoms with Crippen LogP contribution in [-0.4, -0.2) is 38.0 Å². The van der Waals surface area contributed by atoms with Crippen molar-refractivity contribution < 1.29 is 0 Å². The highest BCUT2D eigenvalue weighted by molar-refractivity contribution is 5.47. The van der Waals surface area contributed by atoms with Crippen LogP contribution in [0.5, 0.6) is 0 Å². The molecular formula is C18H19N7. The summed E-state index contributed by atoms with van der Waals surface area (Å²) in [5.41, 5.74) is 2.15. The molecule has 0 bridgehead atoms. The van der Waals surface area contributed by atoms with Gasteiger partial charge in [0.15, 0.2) is 0 Å². The van der Waals surface area contributed by atoms with Gasteiger partial charge in [-0.05, 0) is 37.1 Å². The maximum absolute atomic E-state index is 4.67. The molecule has 0 spiro atoms. The van der Waals surface area contributed by atoms with E-state index in [-0.39, 0.29) is 0 Å². The molecule has 0 unspecified atom stereocenters. The van der Waals surface area contributed by atoms with Crippen LogP contribution in [0.2, 0.25) is 0 Å². The largest absolute Gasteiger partial charge is 0.340 e. The number of pyridine rings is 1. The predicted octanol–water partition coefficient (Wildman–Crippen LogP) is 2.71. The number of nitrogens with zero attached hydrogens (tertiary/aromatic N) is 6. The maximum atomic E-state index is 4.67. The Hall–Kier alpha value is -3.09. The molecule has 0 aliphatic carbocycles. The molecule has 1 N–H and O–H groups in total. The third kappa shape index (κ3) is 3.55. The lowest BCUT2D eigenvalue weighted by Crippen LogP contribution is -2.21. The van der Waals surface area contributed by atoms with E-state index in [1.165, 1.54) is 0 Å². The van der Waals surface area contributed by atoms with Crippen LogP contribution in [0.15, 0.2) is 49.1 Å². The fraction of sp³-hybridized carbons (Fsp3) is 0.278. The molecule has 1 aliphatic rings. The lowest BCUT2D eigenvalue weighted by Gasteiger charge is -2.15. The van der Waals surface area contributed by atoms with Gasteiger partial charge >= 0.3 is 0 Å². The fourth-order valence-corrected chi connectivity index (χ4v) is 2.95. The van der Waals surface area contributed by atoms with Crippen LogP contribution in [-0.2, 0) is 0 Å². The van der Waals surface area contributed by atoms with E-state index >= 15 is 0 Å². The van der Waals surface area contributed by atoms with E-state index in [4.69, 9.17) is 0 Å². The van der Waals surface area contributed by atoms with Crippen molar-refractivity contribution >= 4 is 17.7 Å². The smallest absolute Gasteiger partial charge is 0.228 e. The highest BCUT2D eigenvalue weighted by Gasteiger charge is 2.26. The minimum absolute atomic E-state index is 0.346. The molecule has 3 aromatic rings. The molecule has 0 saturated carbocycles. The van der Waals surface area contributed by atoms with E-state index in [0.29, 0.717) is 11.9 Å². The predicted molar refractivity (Wildman–Crippen MR) is 95.9 cm³/mol. The molecule has 25 heavy (non-hydrogen) atoms. The van der Waals surface area contributed by atoms with E-state index in [1.807, 2.05) is 37.4 Å². The van der Waals surface area contributed by atoms with Crippen molar-refractivity contribution in [2.75, 3.05) is 23.3 Å². The molecule has 1 fully saturated rings.